The molecule has 108 valence electrons. The molecular weight excluding hydrogens is 276 g/mol. The maximum Gasteiger partial charge on any atom is 0.262 e. The Labute approximate surface area is 118 Å². The fourth-order valence-corrected chi connectivity index (χ4v) is 2.93. The molecule has 0 fully saturated rings. The number of aryl methyl sites for hydroxylation is 1. The highest BCUT2D eigenvalue weighted by Crippen LogP contribution is 2.16. The predicted octanol–water partition coefficient (Wildman–Crippen LogP) is 1.42. The van der Waals surface area contributed by atoms with Gasteiger partial charge in [0.15, 0.2) is 0 Å². The van der Waals surface area contributed by atoms with Crippen LogP contribution in [0.3, 0.4) is 0 Å². The van der Waals surface area contributed by atoms with Crippen LogP contribution in [0.25, 0.3) is 0 Å². The summed E-state index contributed by atoms with van der Waals surface area (Å²) in [7, 11) is -1.76. The Morgan fingerprint density at radius 2 is 2.15 bits per heavy atom. The van der Waals surface area contributed by atoms with E-state index in [1.807, 2.05) is 20.0 Å². The van der Waals surface area contributed by atoms with Gasteiger partial charge in [-0.1, -0.05) is 12.1 Å². The summed E-state index contributed by atoms with van der Waals surface area (Å²) < 4.78 is 28.8. The van der Waals surface area contributed by atoms with Gasteiger partial charge in [0.25, 0.3) is 10.0 Å². The van der Waals surface area contributed by atoms with Gasteiger partial charge in [-0.2, -0.15) is 5.10 Å². The van der Waals surface area contributed by atoms with Crippen molar-refractivity contribution in [2.24, 2.45) is 0 Å². The van der Waals surface area contributed by atoms with Gasteiger partial charge in [0.1, 0.15) is 0 Å². The monoisotopic (exact) mass is 294 g/mol. The van der Waals surface area contributed by atoms with Crippen molar-refractivity contribution in [3.63, 3.8) is 0 Å². The van der Waals surface area contributed by atoms with Crippen molar-refractivity contribution in [3.8, 4) is 0 Å². The van der Waals surface area contributed by atoms with Crippen LogP contribution in [0.15, 0.2) is 41.6 Å². The fourth-order valence-electron chi connectivity index (χ4n) is 1.83. The normalized spacial score (nSPS) is 11.5. The molecule has 0 aliphatic heterocycles. The molecule has 20 heavy (non-hydrogen) atoms. The second kappa shape index (κ2) is 6.06. The van der Waals surface area contributed by atoms with Gasteiger partial charge in [-0.3, -0.25) is 9.40 Å². The second-order valence-corrected chi connectivity index (χ2v) is 6.05. The maximum atomic E-state index is 12.3. The molecule has 1 aromatic heterocycles. The minimum absolute atomic E-state index is 0.245. The Morgan fingerprint density at radius 1 is 1.35 bits per heavy atom. The molecule has 0 aliphatic rings. The van der Waals surface area contributed by atoms with E-state index < -0.39 is 10.0 Å². The van der Waals surface area contributed by atoms with E-state index in [2.05, 4.69) is 15.1 Å². The lowest BCUT2D eigenvalue weighted by Crippen LogP contribution is -2.13. The summed E-state index contributed by atoms with van der Waals surface area (Å²) in [6, 6.07) is 6.84. The molecule has 1 aromatic carbocycles. The lowest BCUT2D eigenvalue weighted by atomic mass is 10.2. The average Bonchev–Trinajstić information content (AvgIpc) is 2.86. The van der Waals surface area contributed by atoms with Crippen LogP contribution in [0.2, 0.25) is 0 Å². The number of hydrogen-bond donors (Lipinski definition) is 2. The summed E-state index contributed by atoms with van der Waals surface area (Å²) in [6.07, 6.45) is 3.16. The summed E-state index contributed by atoms with van der Waals surface area (Å²) in [6.45, 7) is 3.25. The maximum absolute atomic E-state index is 12.3. The van der Waals surface area contributed by atoms with Gasteiger partial charge in [-0.25, -0.2) is 8.42 Å². The molecule has 1 heterocycles. The van der Waals surface area contributed by atoms with Gasteiger partial charge in [0.05, 0.1) is 16.8 Å². The first-order valence-corrected chi connectivity index (χ1v) is 7.82. The molecule has 2 rings (SSSR count). The molecular formula is C13H18N4O2S. The zero-order chi connectivity index (χ0) is 14.6. The van der Waals surface area contributed by atoms with E-state index in [0.717, 1.165) is 5.56 Å². The molecule has 6 nitrogen and oxygen atoms in total. The van der Waals surface area contributed by atoms with Crippen LogP contribution in [0, 0.1) is 0 Å². The zero-order valence-corrected chi connectivity index (χ0v) is 12.3. The molecule has 2 N–H and O–H groups in total. The number of rotatable bonds is 6. The second-order valence-electron chi connectivity index (χ2n) is 4.37. The van der Waals surface area contributed by atoms with Crippen LogP contribution in [0.1, 0.15) is 12.5 Å². The molecule has 0 saturated carbocycles. The van der Waals surface area contributed by atoms with Crippen LogP contribution in [-0.4, -0.2) is 25.2 Å². The van der Waals surface area contributed by atoms with Gasteiger partial charge in [0.2, 0.25) is 0 Å². The van der Waals surface area contributed by atoms with Crippen molar-refractivity contribution < 1.29 is 8.42 Å². The van der Waals surface area contributed by atoms with Crippen LogP contribution in [0.5, 0.6) is 0 Å². The van der Waals surface area contributed by atoms with Gasteiger partial charge < -0.3 is 5.32 Å². The smallest absolute Gasteiger partial charge is 0.262 e. The number of nitrogens with one attached hydrogen (secondary N) is 2. The zero-order valence-electron chi connectivity index (χ0n) is 11.5. The van der Waals surface area contributed by atoms with E-state index in [9.17, 15) is 8.42 Å². The van der Waals surface area contributed by atoms with Crippen molar-refractivity contribution in [2.75, 3.05) is 11.8 Å². The third kappa shape index (κ3) is 3.37. The number of hydrogen-bond acceptors (Lipinski definition) is 4. The molecule has 0 spiro atoms. The minimum atomic E-state index is -3.58. The fraction of sp³-hybridized carbons (Fsp3) is 0.308. The van der Waals surface area contributed by atoms with E-state index in [1.165, 1.54) is 6.20 Å². The van der Waals surface area contributed by atoms with Gasteiger partial charge in [0, 0.05) is 19.3 Å². The molecule has 7 heteroatoms. The Bertz CT molecular complexity index is 679. The summed E-state index contributed by atoms with van der Waals surface area (Å²) in [4.78, 5) is 0.245. The van der Waals surface area contributed by atoms with Crippen LogP contribution in [0.4, 0.5) is 5.69 Å². The Morgan fingerprint density at radius 3 is 2.80 bits per heavy atom. The number of anilines is 1. The van der Waals surface area contributed by atoms with Gasteiger partial charge in [-0.05, 0) is 31.7 Å². The highest BCUT2D eigenvalue weighted by atomic mass is 32.2. The molecule has 0 unspecified atom stereocenters. The number of nitrogens with zero attached hydrogens (tertiary/aromatic N) is 2. The van der Waals surface area contributed by atoms with E-state index in [4.69, 9.17) is 0 Å². The summed E-state index contributed by atoms with van der Waals surface area (Å²) in [5.41, 5.74) is 1.38. The Hall–Kier alpha value is -1.86. The summed E-state index contributed by atoms with van der Waals surface area (Å²) in [5.74, 6) is 0. The number of sulfonamides is 1. The first-order chi connectivity index (χ1) is 9.55. The molecule has 0 amide bonds. The molecule has 0 atom stereocenters. The Kier molecular flexibility index (Phi) is 4.41. The van der Waals surface area contributed by atoms with E-state index in [1.54, 1.807) is 29.1 Å². The quantitative estimate of drug-likeness (QED) is 0.845. The van der Waals surface area contributed by atoms with E-state index >= 15 is 0 Å². The summed E-state index contributed by atoms with van der Waals surface area (Å²) >= 11 is 0. The molecule has 0 saturated heterocycles. The predicted molar refractivity (Wildman–Crippen MR) is 77.9 cm³/mol. The molecule has 0 radical (unpaired) electrons. The molecule has 0 aliphatic carbocycles. The third-order valence-electron chi connectivity index (χ3n) is 2.80. The third-order valence-corrected chi connectivity index (χ3v) is 4.18. The highest BCUT2D eigenvalue weighted by molar-refractivity contribution is 7.92. The number of aromatic nitrogens is 2. The largest absolute Gasteiger partial charge is 0.316 e. The van der Waals surface area contributed by atoms with Crippen molar-refractivity contribution in [2.45, 2.75) is 24.9 Å². The topological polar surface area (TPSA) is 76.0 Å². The first-order valence-electron chi connectivity index (χ1n) is 6.34. The molecule has 0 bridgehead atoms. The minimum Gasteiger partial charge on any atom is -0.316 e. The van der Waals surface area contributed by atoms with Crippen molar-refractivity contribution in [1.82, 2.24) is 15.1 Å². The summed E-state index contributed by atoms with van der Waals surface area (Å²) in [5, 5.41) is 7.03. The van der Waals surface area contributed by atoms with E-state index in [0.29, 0.717) is 18.8 Å². The SMILES string of the molecule is CCn1cc(NS(=O)(=O)c2cccc(CNC)c2)cn1. The average molecular weight is 294 g/mol. The Balaban J connectivity index is 2.23. The van der Waals surface area contributed by atoms with Gasteiger partial charge in [-0.15, -0.1) is 0 Å². The van der Waals surface area contributed by atoms with Crippen molar-refractivity contribution >= 4 is 15.7 Å². The lowest BCUT2D eigenvalue weighted by molar-refractivity contribution is 0.601. The molecule has 2 aromatic rings. The van der Waals surface area contributed by atoms with Crippen molar-refractivity contribution in [1.29, 1.82) is 0 Å². The van der Waals surface area contributed by atoms with Gasteiger partial charge >= 0.3 is 0 Å². The van der Waals surface area contributed by atoms with Crippen LogP contribution in [-0.2, 0) is 23.1 Å². The number of benzene rings is 1. The first kappa shape index (κ1) is 14.5. The standard InChI is InChI=1S/C13H18N4O2S/c1-3-17-10-12(9-15-17)16-20(18,19)13-6-4-5-11(7-13)8-14-2/h4-7,9-10,14,16H,3,8H2,1-2H3. The highest BCUT2D eigenvalue weighted by Gasteiger charge is 2.15. The van der Waals surface area contributed by atoms with E-state index in [-0.39, 0.29) is 4.90 Å². The van der Waals surface area contributed by atoms with Crippen molar-refractivity contribution in [3.05, 3.63) is 42.2 Å². The lowest BCUT2D eigenvalue weighted by Gasteiger charge is -2.07. The van der Waals surface area contributed by atoms with Crippen LogP contribution >= 0.6 is 0 Å². The van der Waals surface area contributed by atoms with Crippen LogP contribution < -0.4 is 10.0 Å².